The van der Waals surface area contributed by atoms with Crippen molar-refractivity contribution < 1.29 is 13.2 Å². The molecule has 6 heteroatoms. The molecule has 1 nitrogen and oxygen atoms in total. The average molecular weight is 334 g/mol. The summed E-state index contributed by atoms with van der Waals surface area (Å²) in [6, 6.07) is 4.97. The van der Waals surface area contributed by atoms with Crippen molar-refractivity contribution in [3.8, 4) is 0 Å². The minimum Gasteiger partial charge on any atom is -0.318 e. The number of nitrogens with two attached hydrogens (primary N) is 1. The van der Waals surface area contributed by atoms with Crippen molar-refractivity contribution in [1.29, 1.82) is 0 Å². The molecule has 0 amide bonds. The van der Waals surface area contributed by atoms with Gasteiger partial charge < -0.3 is 5.73 Å². The molecule has 0 aliphatic carbocycles. The largest absolute Gasteiger partial charge is 0.318 e. The van der Waals surface area contributed by atoms with Crippen molar-refractivity contribution in [2.75, 3.05) is 0 Å². The van der Waals surface area contributed by atoms with Crippen molar-refractivity contribution in [3.05, 3.63) is 68.5 Å². The Bertz CT molecular complexity index is 711. The first-order valence-corrected chi connectivity index (χ1v) is 6.80. The van der Waals surface area contributed by atoms with Gasteiger partial charge in [0, 0.05) is 10.6 Å². The van der Waals surface area contributed by atoms with Crippen molar-refractivity contribution in [2.45, 2.75) is 19.4 Å². The van der Waals surface area contributed by atoms with Crippen molar-refractivity contribution in [1.82, 2.24) is 0 Å². The van der Waals surface area contributed by atoms with Gasteiger partial charge in [-0.25, -0.2) is 13.2 Å². The summed E-state index contributed by atoms with van der Waals surface area (Å²) in [7, 11) is 0. The van der Waals surface area contributed by atoms with Crippen LogP contribution in [0.4, 0.5) is 13.2 Å². The Hall–Kier alpha value is -1.23. The minimum absolute atomic E-state index is 0.0757. The molecule has 0 aliphatic rings. The van der Waals surface area contributed by atoms with Crippen LogP contribution in [-0.2, 0) is 5.54 Å². The summed E-state index contributed by atoms with van der Waals surface area (Å²) in [5.41, 5.74) is 4.74. The van der Waals surface area contributed by atoms with E-state index in [1.165, 1.54) is 32.0 Å². The fraction of sp³-hybridized carbons (Fsp3) is 0.200. The Morgan fingerprint density at radius 1 is 0.952 bits per heavy atom. The first-order chi connectivity index (χ1) is 9.66. The molecular weight excluding hydrogens is 322 g/mol. The highest BCUT2D eigenvalue weighted by molar-refractivity contribution is 6.35. The topological polar surface area (TPSA) is 26.0 Å². The van der Waals surface area contributed by atoms with Crippen molar-refractivity contribution in [3.63, 3.8) is 0 Å². The van der Waals surface area contributed by atoms with E-state index >= 15 is 0 Å². The van der Waals surface area contributed by atoms with E-state index in [0.29, 0.717) is 0 Å². The van der Waals surface area contributed by atoms with Crippen LogP contribution >= 0.6 is 23.2 Å². The van der Waals surface area contributed by atoms with E-state index in [4.69, 9.17) is 28.9 Å². The van der Waals surface area contributed by atoms with Crippen LogP contribution < -0.4 is 5.73 Å². The number of rotatable bonds is 2. The lowest BCUT2D eigenvalue weighted by Crippen LogP contribution is -2.36. The van der Waals surface area contributed by atoms with Crippen LogP contribution in [0, 0.1) is 24.4 Å². The molecule has 2 rings (SSSR count). The van der Waals surface area contributed by atoms with Gasteiger partial charge in [-0.1, -0.05) is 35.3 Å². The molecule has 0 bridgehead atoms. The Labute approximate surface area is 130 Å². The molecular formula is C15H12Cl2F3N. The summed E-state index contributed by atoms with van der Waals surface area (Å²) in [6.07, 6.45) is 0. The number of benzene rings is 2. The zero-order valence-electron chi connectivity index (χ0n) is 11.3. The lowest BCUT2D eigenvalue weighted by molar-refractivity contribution is 0.463. The van der Waals surface area contributed by atoms with Gasteiger partial charge in [-0.15, -0.1) is 0 Å². The second-order valence-corrected chi connectivity index (χ2v) is 5.82. The maximum Gasteiger partial charge on any atom is 0.164 e. The molecule has 2 aromatic carbocycles. The monoisotopic (exact) mass is 333 g/mol. The highest BCUT2D eigenvalue weighted by atomic mass is 35.5. The second kappa shape index (κ2) is 5.52. The standard InChI is InChI=1S/C15H12Cl2F3N/c1-7-3-4-8(14(20)13(7)19)15(2,21)9-5-12(18)11(17)6-10(9)16/h3-6H,21H2,1-2H3. The molecule has 0 heterocycles. The molecule has 1 unspecified atom stereocenters. The van der Waals surface area contributed by atoms with Gasteiger partial charge in [0.25, 0.3) is 0 Å². The van der Waals surface area contributed by atoms with Crippen LogP contribution in [0.2, 0.25) is 10.0 Å². The SMILES string of the molecule is Cc1ccc(C(C)(N)c2cc(F)c(Cl)cc2Cl)c(F)c1F. The zero-order chi connectivity index (χ0) is 15.9. The highest BCUT2D eigenvalue weighted by Gasteiger charge is 2.31. The molecule has 2 aromatic rings. The van der Waals surface area contributed by atoms with Crippen LogP contribution in [-0.4, -0.2) is 0 Å². The number of aryl methyl sites for hydroxylation is 1. The molecule has 0 aromatic heterocycles. The Morgan fingerprint density at radius 3 is 2.19 bits per heavy atom. The van der Waals surface area contributed by atoms with E-state index in [1.54, 1.807) is 0 Å². The third-order valence-corrected chi connectivity index (χ3v) is 4.01. The lowest BCUT2D eigenvalue weighted by atomic mass is 9.84. The van der Waals surface area contributed by atoms with Crippen LogP contribution in [0.3, 0.4) is 0 Å². The fourth-order valence-electron chi connectivity index (χ4n) is 2.11. The summed E-state index contributed by atoms with van der Waals surface area (Å²) >= 11 is 11.6. The van der Waals surface area contributed by atoms with Crippen LogP contribution in [0.5, 0.6) is 0 Å². The second-order valence-electron chi connectivity index (χ2n) is 5.01. The van der Waals surface area contributed by atoms with E-state index < -0.39 is 23.0 Å². The molecule has 1 atom stereocenters. The van der Waals surface area contributed by atoms with Gasteiger partial charge >= 0.3 is 0 Å². The Kier molecular flexibility index (Phi) is 4.24. The summed E-state index contributed by atoms with van der Waals surface area (Å²) in [4.78, 5) is 0. The molecule has 21 heavy (non-hydrogen) atoms. The van der Waals surface area contributed by atoms with E-state index in [2.05, 4.69) is 0 Å². The van der Waals surface area contributed by atoms with Crippen LogP contribution in [0.15, 0.2) is 24.3 Å². The molecule has 0 spiro atoms. The predicted octanol–water partition coefficient (Wildman–Crippen LogP) is 4.94. The van der Waals surface area contributed by atoms with Crippen molar-refractivity contribution in [2.24, 2.45) is 5.73 Å². The molecule has 0 radical (unpaired) electrons. The molecule has 2 N–H and O–H groups in total. The van der Waals surface area contributed by atoms with E-state index in [1.807, 2.05) is 0 Å². The fourth-order valence-corrected chi connectivity index (χ4v) is 2.69. The van der Waals surface area contributed by atoms with Crippen molar-refractivity contribution >= 4 is 23.2 Å². The Balaban J connectivity index is 2.68. The van der Waals surface area contributed by atoms with E-state index in [9.17, 15) is 13.2 Å². The normalized spacial score (nSPS) is 14.1. The Morgan fingerprint density at radius 2 is 1.57 bits per heavy atom. The van der Waals surface area contributed by atoms with Gasteiger partial charge in [0.15, 0.2) is 11.6 Å². The zero-order valence-corrected chi connectivity index (χ0v) is 12.8. The lowest BCUT2D eigenvalue weighted by Gasteiger charge is -2.28. The number of hydrogen-bond acceptors (Lipinski definition) is 1. The third-order valence-electron chi connectivity index (χ3n) is 3.40. The first-order valence-electron chi connectivity index (χ1n) is 6.05. The van der Waals surface area contributed by atoms with E-state index in [0.717, 1.165) is 6.07 Å². The smallest absolute Gasteiger partial charge is 0.164 e. The van der Waals surface area contributed by atoms with Gasteiger partial charge in [0.2, 0.25) is 0 Å². The quantitative estimate of drug-likeness (QED) is 0.774. The summed E-state index contributed by atoms with van der Waals surface area (Å²) < 4.78 is 41.5. The van der Waals surface area contributed by atoms with Crippen LogP contribution in [0.1, 0.15) is 23.6 Å². The maximum absolute atomic E-state index is 14.1. The number of halogens is 5. The molecule has 0 aliphatic heterocycles. The predicted molar refractivity (Wildman–Crippen MR) is 78.2 cm³/mol. The van der Waals surface area contributed by atoms with E-state index in [-0.39, 0.29) is 26.7 Å². The molecule has 0 saturated carbocycles. The molecule has 0 saturated heterocycles. The molecule has 112 valence electrons. The summed E-state index contributed by atoms with van der Waals surface area (Å²) in [6.45, 7) is 2.86. The van der Waals surface area contributed by atoms with Crippen LogP contribution in [0.25, 0.3) is 0 Å². The number of hydrogen-bond donors (Lipinski definition) is 1. The summed E-state index contributed by atoms with van der Waals surface area (Å²) in [5.74, 6) is -2.80. The average Bonchev–Trinajstić information content (AvgIpc) is 2.39. The van der Waals surface area contributed by atoms with Gasteiger partial charge in [0.1, 0.15) is 5.82 Å². The third kappa shape index (κ3) is 2.76. The van der Waals surface area contributed by atoms with Gasteiger partial charge in [0.05, 0.1) is 10.6 Å². The maximum atomic E-state index is 14.1. The van der Waals surface area contributed by atoms with Gasteiger partial charge in [-0.3, -0.25) is 0 Å². The summed E-state index contributed by atoms with van der Waals surface area (Å²) in [5, 5.41) is -0.0955. The van der Waals surface area contributed by atoms with Gasteiger partial charge in [-0.2, -0.15) is 0 Å². The molecule has 0 fully saturated rings. The highest BCUT2D eigenvalue weighted by Crippen LogP contribution is 2.36. The minimum atomic E-state index is -1.51. The van der Waals surface area contributed by atoms with Gasteiger partial charge in [-0.05, 0) is 37.1 Å². The first kappa shape index (κ1) is 16.1.